The Morgan fingerprint density at radius 3 is 2.63 bits per heavy atom. The Bertz CT molecular complexity index is 745. The van der Waals surface area contributed by atoms with Crippen LogP contribution >= 0.6 is 0 Å². The molecule has 2 saturated heterocycles. The lowest BCUT2D eigenvalue weighted by Gasteiger charge is -2.53. The number of likely N-dealkylation sites (tertiary alicyclic amines) is 1. The maximum absolute atomic E-state index is 13.3. The molecule has 166 valence electrons. The minimum absolute atomic E-state index is 0.0464. The van der Waals surface area contributed by atoms with E-state index >= 15 is 0 Å². The van der Waals surface area contributed by atoms with Gasteiger partial charge < -0.3 is 14.7 Å². The van der Waals surface area contributed by atoms with E-state index in [4.69, 9.17) is 4.74 Å². The number of carbonyl (C=O) groups is 1. The number of amides is 1. The van der Waals surface area contributed by atoms with Crippen molar-refractivity contribution in [2.75, 3.05) is 32.8 Å². The van der Waals surface area contributed by atoms with E-state index in [0.717, 1.165) is 31.2 Å². The third-order valence-electron chi connectivity index (χ3n) is 6.86. The number of rotatable bonds is 3. The quantitative estimate of drug-likeness (QED) is 0.808. The van der Waals surface area contributed by atoms with Gasteiger partial charge in [0.15, 0.2) is 0 Å². The first-order chi connectivity index (χ1) is 14.3. The molecule has 4 rings (SSSR count). The first kappa shape index (κ1) is 21.6. The molecule has 1 aromatic rings. The molecule has 30 heavy (non-hydrogen) atoms. The van der Waals surface area contributed by atoms with Crippen LogP contribution in [0.1, 0.15) is 37.7 Å². The Balaban J connectivity index is 1.50. The van der Waals surface area contributed by atoms with Crippen molar-refractivity contribution in [2.45, 2.75) is 56.0 Å². The van der Waals surface area contributed by atoms with E-state index in [-0.39, 0.29) is 37.6 Å². The van der Waals surface area contributed by atoms with Crippen LogP contribution in [0, 0.1) is 5.92 Å². The second-order valence-corrected chi connectivity index (χ2v) is 8.74. The number of nitrogens with zero attached hydrogens (tertiary/aromatic N) is 2. The Labute approximate surface area is 174 Å². The van der Waals surface area contributed by atoms with Crippen molar-refractivity contribution in [1.29, 1.82) is 0 Å². The topological polar surface area (TPSA) is 53.0 Å². The summed E-state index contributed by atoms with van der Waals surface area (Å²) in [5, 5.41) is 11.6. The Morgan fingerprint density at radius 2 is 1.90 bits per heavy atom. The number of hydrogen-bond donors (Lipinski definition) is 1. The molecule has 8 heteroatoms. The number of hydrogen-bond acceptors (Lipinski definition) is 4. The largest absolute Gasteiger partial charge is 0.401 e. The highest BCUT2D eigenvalue weighted by Crippen LogP contribution is 2.47. The molecule has 5 nitrogen and oxygen atoms in total. The summed E-state index contributed by atoms with van der Waals surface area (Å²) in [7, 11) is 0. The maximum atomic E-state index is 13.3. The van der Waals surface area contributed by atoms with Crippen molar-refractivity contribution >= 4 is 5.91 Å². The van der Waals surface area contributed by atoms with Gasteiger partial charge in [-0.3, -0.25) is 9.69 Å². The zero-order valence-corrected chi connectivity index (χ0v) is 17.0. The zero-order chi connectivity index (χ0) is 21.4. The maximum Gasteiger partial charge on any atom is 0.401 e. The van der Waals surface area contributed by atoms with E-state index in [1.165, 1.54) is 4.90 Å². The van der Waals surface area contributed by atoms with Crippen LogP contribution in [0.15, 0.2) is 30.3 Å². The fourth-order valence-corrected chi connectivity index (χ4v) is 5.48. The van der Waals surface area contributed by atoms with Crippen LogP contribution in [0.3, 0.4) is 0 Å². The second kappa shape index (κ2) is 8.48. The molecule has 2 aliphatic heterocycles. The molecule has 2 heterocycles. The Morgan fingerprint density at radius 1 is 1.17 bits per heavy atom. The minimum Gasteiger partial charge on any atom is -0.385 e. The van der Waals surface area contributed by atoms with Gasteiger partial charge in [-0.2, -0.15) is 13.2 Å². The molecule has 1 aliphatic carbocycles. The van der Waals surface area contributed by atoms with Crippen LogP contribution in [-0.2, 0) is 15.1 Å². The number of carbonyl (C=O) groups excluding carboxylic acids is 1. The van der Waals surface area contributed by atoms with Crippen LogP contribution < -0.4 is 0 Å². The lowest BCUT2D eigenvalue weighted by Crippen LogP contribution is -2.62. The van der Waals surface area contributed by atoms with Crippen molar-refractivity contribution in [1.82, 2.24) is 9.80 Å². The standard InChI is InChI=1S/C22H29F3N2O3/c23-22(24,25)15-26-12-13-30-19(14-26)20(28)27-11-10-21(29,16-6-2-1-3-7-16)17-8-4-5-9-18(17)27/h1-3,6-7,17-19,29H,4-5,8-15H2/t17-,18+,19?,21?/m1/s1. The summed E-state index contributed by atoms with van der Waals surface area (Å²) in [6.07, 6.45) is -1.17. The average Bonchev–Trinajstić information content (AvgIpc) is 2.73. The van der Waals surface area contributed by atoms with E-state index in [1.54, 1.807) is 4.90 Å². The number of morpholine rings is 1. The number of aliphatic hydroxyl groups is 1. The van der Waals surface area contributed by atoms with E-state index in [1.807, 2.05) is 30.3 Å². The van der Waals surface area contributed by atoms with Crippen molar-refractivity contribution in [3.63, 3.8) is 0 Å². The molecular weight excluding hydrogens is 397 g/mol. The molecule has 4 atom stereocenters. The van der Waals surface area contributed by atoms with Gasteiger partial charge in [0, 0.05) is 31.6 Å². The van der Waals surface area contributed by atoms with Gasteiger partial charge in [0.1, 0.15) is 6.10 Å². The van der Waals surface area contributed by atoms with Gasteiger partial charge in [0.05, 0.1) is 18.8 Å². The number of alkyl halides is 3. The van der Waals surface area contributed by atoms with Gasteiger partial charge >= 0.3 is 6.18 Å². The molecule has 1 saturated carbocycles. The van der Waals surface area contributed by atoms with Crippen LogP contribution in [0.5, 0.6) is 0 Å². The summed E-state index contributed by atoms with van der Waals surface area (Å²) in [5.41, 5.74) is -0.113. The summed E-state index contributed by atoms with van der Waals surface area (Å²) in [5.74, 6) is -0.324. The smallest absolute Gasteiger partial charge is 0.385 e. The predicted octanol–water partition coefficient (Wildman–Crippen LogP) is 2.93. The van der Waals surface area contributed by atoms with Gasteiger partial charge in [-0.15, -0.1) is 0 Å². The second-order valence-electron chi connectivity index (χ2n) is 8.74. The number of benzene rings is 1. The summed E-state index contributed by atoms with van der Waals surface area (Å²) in [6, 6.07) is 9.48. The van der Waals surface area contributed by atoms with Gasteiger partial charge in [0.25, 0.3) is 5.91 Å². The lowest BCUT2D eigenvalue weighted by molar-refractivity contribution is -0.179. The molecule has 3 fully saturated rings. The highest BCUT2D eigenvalue weighted by atomic mass is 19.4. The van der Waals surface area contributed by atoms with Gasteiger partial charge in [-0.1, -0.05) is 43.2 Å². The number of halogens is 3. The molecule has 0 radical (unpaired) electrons. The van der Waals surface area contributed by atoms with Gasteiger partial charge in [0.2, 0.25) is 0 Å². The molecule has 0 bridgehead atoms. The average molecular weight is 426 g/mol. The number of ether oxygens (including phenoxy) is 1. The number of piperidine rings is 1. The summed E-state index contributed by atoms with van der Waals surface area (Å²) < 4.78 is 43.9. The lowest BCUT2D eigenvalue weighted by atomic mass is 9.66. The molecular formula is C22H29F3N2O3. The fraction of sp³-hybridized carbons (Fsp3) is 0.682. The van der Waals surface area contributed by atoms with Crippen molar-refractivity contribution in [3.8, 4) is 0 Å². The van der Waals surface area contributed by atoms with E-state index in [2.05, 4.69) is 0 Å². The monoisotopic (exact) mass is 426 g/mol. The normalized spacial score (nSPS) is 33.2. The Hall–Kier alpha value is -1.64. The fourth-order valence-electron chi connectivity index (χ4n) is 5.48. The third-order valence-corrected chi connectivity index (χ3v) is 6.86. The minimum atomic E-state index is -4.29. The van der Waals surface area contributed by atoms with Gasteiger partial charge in [-0.25, -0.2) is 0 Å². The molecule has 1 aromatic carbocycles. The van der Waals surface area contributed by atoms with E-state index < -0.39 is 24.4 Å². The summed E-state index contributed by atoms with van der Waals surface area (Å²) in [4.78, 5) is 16.3. The number of fused-ring (bicyclic) bond motifs is 1. The van der Waals surface area contributed by atoms with Crippen LogP contribution in [0.4, 0.5) is 13.2 Å². The molecule has 3 aliphatic rings. The van der Waals surface area contributed by atoms with Crippen molar-refractivity contribution < 1.29 is 27.8 Å². The molecule has 1 amide bonds. The first-order valence-corrected chi connectivity index (χ1v) is 10.8. The molecule has 2 unspecified atom stereocenters. The summed E-state index contributed by atoms with van der Waals surface area (Å²) in [6.45, 7) is -0.412. The summed E-state index contributed by atoms with van der Waals surface area (Å²) >= 11 is 0. The van der Waals surface area contributed by atoms with Gasteiger partial charge in [-0.05, 0) is 24.8 Å². The zero-order valence-electron chi connectivity index (χ0n) is 17.0. The SMILES string of the molecule is O=C(C1CN(CC(F)(F)F)CCO1)N1CCC(O)(c2ccccc2)[C@@H]2CCCC[C@@H]21. The molecule has 0 spiro atoms. The van der Waals surface area contributed by atoms with E-state index in [9.17, 15) is 23.1 Å². The highest BCUT2D eigenvalue weighted by Gasteiger charge is 2.51. The first-order valence-electron chi connectivity index (χ1n) is 10.8. The van der Waals surface area contributed by atoms with Crippen molar-refractivity contribution in [2.24, 2.45) is 5.92 Å². The van der Waals surface area contributed by atoms with Crippen LogP contribution in [-0.4, -0.2) is 71.9 Å². The van der Waals surface area contributed by atoms with Crippen LogP contribution in [0.2, 0.25) is 0 Å². The van der Waals surface area contributed by atoms with E-state index in [0.29, 0.717) is 13.0 Å². The van der Waals surface area contributed by atoms with Crippen LogP contribution in [0.25, 0.3) is 0 Å². The Kier molecular flexibility index (Phi) is 6.10. The molecule has 0 aromatic heterocycles. The highest BCUT2D eigenvalue weighted by molar-refractivity contribution is 5.82. The third kappa shape index (κ3) is 4.36. The molecule has 1 N–H and O–H groups in total. The predicted molar refractivity (Wildman–Crippen MR) is 105 cm³/mol. The van der Waals surface area contributed by atoms with Crippen molar-refractivity contribution in [3.05, 3.63) is 35.9 Å².